The number of hydrogen-bond acceptors (Lipinski definition) is 0. The molecule has 2 fully saturated rings. The van der Waals surface area contributed by atoms with E-state index in [0.717, 1.165) is 35.5 Å². The summed E-state index contributed by atoms with van der Waals surface area (Å²) in [7, 11) is 2.06. The maximum Gasteiger partial charge on any atom is -0.0109 e. The van der Waals surface area contributed by atoms with Crippen LogP contribution in [0, 0.1) is 35.5 Å². The van der Waals surface area contributed by atoms with E-state index in [9.17, 15) is 0 Å². The minimum atomic E-state index is 0.212. The van der Waals surface area contributed by atoms with Crippen LogP contribution in [0.3, 0.4) is 0 Å². The minimum absolute atomic E-state index is 0.212. The van der Waals surface area contributed by atoms with Crippen LogP contribution in [-0.2, 0) is 0 Å². The van der Waals surface area contributed by atoms with Gasteiger partial charge in [-0.1, -0.05) is 50.0 Å². The van der Waals surface area contributed by atoms with Crippen LogP contribution in [0.5, 0.6) is 0 Å². The van der Waals surface area contributed by atoms with Crippen molar-refractivity contribution < 1.29 is 0 Å². The molecule has 3 rings (SSSR count). The van der Waals surface area contributed by atoms with Gasteiger partial charge in [-0.15, -0.1) is 5.54 Å². The molecule has 7 atom stereocenters. The molecule has 3 aliphatic carbocycles. The van der Waals surface area contributed by atoms with E-state index in [1.54, 1.807) is 5.57 Å². The third kappa shape index (κ3) is 2.50. The highest BCUT2D eigenvalue weighted by Gasteiger charge is 2.52. The first-order valence-electron chi connectivity index (χ1n) is 9.30. The standard InChI is InChI=1S/C21H34N/c1-13(2)11-16-12-15(4)17-9-10-21(5,22-6)18-8-7-14(3)19(16)20(17)18/h7,11,15-20H,8-10,12H2,1-6H3/q-1/t15-,16-,17+,18-,19-,20+,21-/m1/s1. The molecule has 0 bridgehead atoms. The smallest absolute Gasteiger partial charge is 0.0109 e. The lowest BCUT2D eigenvalue weighted by atomic mass is 9.47. The Bertz CT molecular complexity index is 484. The maximum absolute atomic E-state index is 4.88. The molecular weight excluding hydrogens is 266 g/mol. The predicted octanol–water partition coefficient (Wildman–Crippen LogP) is 5.98. The Morgan fingerprint density at radius 2 is 2.09 bits per heavy atom. The fraction of sp³-hybridized carbons (Fsp3) is 0.810. The predicted molar refractivity (Wildman–Crippen MR) is 96.0 cm³/mol. The van der Waals surface area contributed by atoms with E-state index in [-0.39, 0.29) is 5.54 Å². The summed E-state index contributed by atoms with van der Waals surface area (Å²) in [4.78, 5) is 0. The van der Waals surface area contributed by atoms with Crippen molar-refractivity contribution in [2.24, 2.45) is 35.5 Å². The van der Waals surface area contributed by atoms with E-state index < -0.39 is 0 Å². The highest BCUT2D eigenvalue weighted by atomic mass is 15.0. The monoisotopic (exact) mass is 300 g/mol. The second kappa shape index (κ2) is 5.82. The minimum Gasteiger partial charge on any atom is -0.659 e. The van der Waals surface area contributed by atoms with Gasteiger partial charge in [-0.2, -0.15) is 7.05 Å². The van der Waals surface area contributed by atoms with Gasteiger partial charge in [0.2, 0.25) is 0 Å². The molecule has 1 nitrogen and oxygen atoms in total. The average Bonchev–Trinajstić information content (AvgIpc) is 2.45. The van der Waals surface area contributed by atoms with Gasteiger partial charge in [-0.25, -0.2) is 0 Å². The van der Waals surface area contributed by atoms with Gasteiger partial charge in [0.05, 0.1) is 0 Å². The molecule has 0 aliphatic heterocycles. The Hall–Kier alpha value is -0.560. The number of hydrogen-bond donors (Lipinski definition) is 0. The van der Waals surface area contributed by atoms with Crippen LogP contribution in [-0.4, -0.2) is 12.6 Å². The second-order valence-corrected chi connectivity index (χ2v) is 8.80. The summed E-state index contributed by atoms with van der Waals surface area (Å²) in [5, 5.41) is 4.88. The Kier molecular flexibility index (Phi) is 4.31. The van der Waals surface area contributed by atoms with Crippen LogP contribution in [0.4, 0.5) is 0 Å². The van der Waals surface area contributed by atoms with Gasteiger partial charge in [-0.05, 0) is 69.1 Å². The molecule has 22 heavy (non-hydrogen) atoms. The van der Waals surface area contributed by atoms with Gasteiger partial charge >= 0.3 is 0 Å². The van der Waals surface area contributed by atoms with Crippen LogP contribution in [0.25, 0.3) is 5.32 Å². The fourth-order valence-electron chi connectivity index (χ4n) is 6.15. The Labute approximate surface area is 137 Å². The van der Waals surface area contributed by atoms with E-state index in [1.165, 1.54) is 31.3 Å². The van der Waals surface area contributed by atoms with Crippen molar-refractivity contribution >= 4 is 0 Å². The van der Waals surface area contributed by atoms with E-state index in [2.05, 4.69) is 53.8 Å². The van der Waals surface area contributed by atoms with Crippen molar-refractivity contribution in [1.29, 1.82) is 0 Å². The molecule has 0 spiro atoms. The fourth-order valence-corrected chi connectivity index (χ4v) is 6.15. The van der Waals surface area contributed by atoms with Gasteiger partial charge in [0.1, 0.15) is 0 Å². The zero-order valence-corrected chi connectivity index (χ0v) is 15.4. The molecule has 0 aromatic heterocycles. The Balaban J connectivity index is 2.02. The summed E-state index contributed by atoms with van der Waals surface area (Å²) in [6.07, 6.45) is 10.5. The van der Waals surface area contributed by atoms with Crippen molar-refractivity contribution in [3.05, 3.63) is 28.6 Å². The Morgan fingerprint density at radius 1 is 1.36 bits per heavy atom. The lowest BCUT2D eigenvalue weighted by Gasteiger charge is -2.64. The molecule has 0 heterocycles. The topological polar surface area (TPSA) is 14.1 Å². The van der Waals surface area contributed by atoms with E-state index in [1.807, 2.05) is 0 Å². The lowest BCUT2D eigenvalue weighted by Crippen LogP contribution is -2.54. The molecule has 124 valence electrons. The first kappa shape index (κ1) is 16.3. The number of rotatable bonds is 2. The van der Waals surface area contributed by atoms with Gasteiger partial charge in [0.15, 0.2) is 0 Å². The lowest BCUT2D eigenvalue weighted by molar-refractivity contribution is -0.0285. The Morgan fingerprint density at radius 3 is 2.73 bits per heavy atom. The van der Waals surface area contributed by atoms with Gasteiger partial charge in [0, 0.05) is 0 Å². The average molecular weight is 301 g/mol. The SMILES string of the molecule is C[N-][C@]1(C)CC[C@@H]2[C@@H]3[C@H](C(C)=CC[C@H]31)[C@H](C=C(C)C)C[C@H]2C. The summed E-state index contributed by atoms with van der Waals surface area (Å²) in [6, 6.07) is 0. The van der Waals surface area contributed by atoms with Gasteiger partial charge in [0.25, 0.3) is 0 Å². The van der Waals surface area contributed by atoms with E-state index >= 15 is 0 Å². The van der Waals surface area contributed by atoms with Crippen LogP contribution < -0.4 is 0 Å². The van der Waals surface area contributed by atoms with Crippen molar-refractivity contribution in [3.8, 4) is 0 Å². The van der Waals surface area contributed by atoms with E-state index in [4.69, 9.17) is 5.32 Å². The van der Waals surface area contributed by atoms with Crippen molar-refractivity contribution in [3.63, 3.8) is 0 Å². The van der Waals surface area contributed by atoms with E-state index in [0.29, 0.717) is 0 Å². The molecule has 0 radical (unpaired) electrons. The molecule has 0 unspecified atom stereocenters. The largest absolute Gasteiger partial charge is 0.659 e. The summed E-state index contributed by atoms with van der Waals surface area (Å²) < 4.78 is 0. The second-order valence-electron chi connectivity index (χ2n) is 8.80. The first-order valence-corrected chi connectivity index (χ1v) is 9.30. The molecule has 0 aromatic carbocycles. The molecular formula is C21H34N-. The first-order chi connectivity index (χ1) is 10.4. The normalized spacial score (nSPS) is 47.5. The third-order valence-corrected chi connectivity index (χ3v) is 7.27. The summed E-state index contributed by atoms with van der Waals surface area (Å²) >= 11 is 0. The summed E-state index contributed by atoms with van der Waals surface area (Å²) in [5.74, 6) is 4.94. The molecule has 3 aliphatic rings. The quantitative estimate of drug-likeness (QED) is 0.557. The van der Waals surface area contributed by atoms with Crippen molar-refractivity contribution in [2.75, 3.05) is 7.05 Å². The zero-order chi connectivity index (χ0) is 16.1. The molecule has 0 N–H and O–H groups in total. The third-order valence-electron chi connectivity index (χ3n) is 7.27. The zero-order valence-electron chi connectivity index (χ0n) is 15.4. The molecule has 0 saturated heterocycles. The highest BCUT2D eigenvalue weighted by Crippen LogP contribution is 2.60. The van der Waals surface area contributed by atoms with Crippen LogP contribution in [0.2, 0.25) is 0 Å². The molecule has 0 aromatic rings. The molecule has 2 saturated carbocycles. The molecule has 0 amide bonds. The van der Waals surface area contributed by atoms with Crippen molar-refractivity contribution in [1.82, 2.24) is 0 Å². The van der Waals surface area contributed by atoms with Crippen LogP contribution in [0.15, 0.2) is 23.3 Å². The van der Waals surface area contributed by atoms with Crippen LogP contribution >= 0.6 is 0 Å². The summed E-state index contributed by atoms with van der Waals surface area (Å²) in [6.45, 7) is 11.9. The maximum atomic E-state index is 4.88. The van der Waals surface area contributed by atoms with Crippen LogP contribution in [0.1, 0.15) is 60.3 Å². The van der Waals surface area contributed by atoms with Crippen molar-refractivity contribution in [2.45, 2.75) is 65.8 Å². The summed E-state index contributed by atoms with van der Waals surface area (Å²) in [5.41, 5.74) is 3.37. The number of nitrogens with zero attached hydrogens (tertiary/aromatic N) is 1. The number of allylic oxidation sites excluding steroid dienone is 4. The van der Waals surface area contributed by atoms with Gasteiger partial charge < -0.3 is 5.32 Å². The van der Waals surface area contributed by atoms with Gasteiger partial charge in [-0.3, -0.25) is 0 Å². The highest BCUT2D eigenvalue weighted by molar-refractivity contribution is 5.25. The molecule has 1 heteroatoms.